The molecule has 3 aromatic rings. The van der Waals surface area contributed by atoms with Crippen LogP contribution in [-0.2, 0) is 6.54 Å². The van der Waals surface area contributed by atoms with Gasteiger partial charge in [-0.3, -0.25) is 14.8 Å². The molecule has 0 aromatic heterocycles. The molecular formula is C21H18N2O3S. The van der Waals surface area contributed by atoms with Crippen LogP contribution in [0.2, 0.25) is 0 Å². The molecule has 3 N–H and O–H groups in total. The molecule has 0 aliphatic rings. The van der Waals surface area contributed by atoms with Crippen LogP contribution in [0.3, 0.4) is 0 Å². The lowest BCUT2D eigenvalue weighted by Crippen LogP contribution is -2.23. The highest BCUT2D eigenvalue weighted by atomic mass is 32.1. The molecular weight excluding hydrogens is 360 g/mol. The first kappa shape index (κ1) is 18.7. The summed E-state index contributed by atoms with van der Waals surface area (Å²) in [5.41, 5.74) is 4.85. The van der Waals surface area contributed by atoms with E-state index in [4.69, 9.17) is 5.21 Å². The molecule has 0 saturated carbocycles. The van der Waals surface area contributed by atoms with Crippen LogP contribution in [0.1, 0.15) is 26.3 Å². The van der Waals surface area contributed by atoms with E-state index in [0.717, 1.165) is 11.1 Å². The lowest BCUT2D eigenvalue weighted by molar-refractivity contribution is 0.0707. The third-order valence-corrected chi connectivity index (χ3v) is 4.51. The number of hydrogen-bond donors (Lipinski definition) is 4. The van der Waals surface area contributed by atoms with E-state index in [1.807, 2.05) is 42.5 Å². The first-order chi connectivity index (χ1) is 13.1. The summed E-state index contributed by atoms with van der Waals surface area (Å²) in [7, 11) is 0. The summed E-state index contributed by atoms with van der Waals surface area (Å²) < 4.78 is 0. The number of amides is 2. The van der Waals surface area contributed by atoms with E-state index in [-0.39, 0.29) is 5.91 Å². The quantitative estimate of drug-likeness (QED) is 0.311. The van der Waals surface area contributed by atoms with E-state index in [1.165, 1.54) is 0 Å². The molecule has 5 nitrogen and oxygen atoms in total. The van der Waals surface area contributed by atoms with E-state index < -0.39 is 5.91 Å². The molecule has 6 heteroatoms. The molecule has 0 spiro atoms. The van der Waals surface area contributed by atoms with Crippen LogP contribution in [0, 0.1) is 0 Å². The Balaban J connectivity index is 1.86. The molecule has 0 saturated heterocycles. The molecule has 0 unspecified atom stereocenters. The van der Waals surface area contributed by atoms with Crippen molar-refractivity contribution < 1.29 is 14.8 Å². The second-order valence-electron chi connectivity index (χ2n) is 5.89. The van der Waals surface area contributed by atoms with Crippen molar-refractivity contribution >= 4 is 24.4 Å². The summed E-state index contributed by atoms with van der Waals surface area (Å²) in [6.45, 7) is 0.293. The fourth-order valence-corrected chi connectivity index (χ4v) is 3.02. The zero-order valence-electron chi connectivity index (χ0n) is 14.3. The number of carbonyl (C=O) groups is 2. The van der Waals surface area contributed by atoms with Crippen LogP contribution in [0.5, 0.6) is 0 Å². The largest absolute Gasteiger partial charge is 0.348 e. The molecule has 0 aliphatic heterocycles. The molecule has 0 fully saturated rings. The number of hydroxylamine groups is 1. The fraction of sp³-hybridized carbons (Fsp3) is 0.0476. The summed E-state index contributed by atoms with van der Waals surface area (Å²) >= 11 is 4.30. The van der Waals surface area contributed by atoms with Gasteiger partial charge in [0.2, 0.25) is 0 Å². The van der Waals surface area contributed by atoms with E-state index in [1.54, 1.807) is 35.8 Å². The summed E-state index contributed by atoms with van der Waals surface area (Å²) in [6.07, 6.45) is 0. The number of rotatable bonds is 5. The minimum Gasteiger partial charge on any atom is -0.348 e. The lowest BCUT2D eigenvalue weighted by atomic mass is 9.96. The minimum atomic E-state index is -0.589. The van der Waals surface area contributed by atoms with Gasteiger partial charge in [-0.2, -0.15) is 0 Å². The molecule has 0 radical (unpaired) electrons. The lowest BCUT2D eigenvalue weighted by Gasteiger charge is -2.12. The standard InChI is InChI=1S/C21H18N2O3S/c24-20(17-8-4-5-9-19(17)27)22-13-14-10-11-16(21(25)23-26)18(12-14)15-6-2-1-3-7-15/h1-12,26-27H,13H2,(H,22,24)(H,23,25). The SMILES string of the molecule is O=C(NCc1ccc(C(=O)NO)c(-c2ccccc2)c1)c1ccccc1S. The highest BCUT2D eigenvalue weighted by molar-refractivity contribution is 7.80. The third kappa shape index (κ3) is 4.36. The number of benzene rings is 3. The molecule has 0 atom stereocenters. The van der Waals surface area contributed by atoms with Gasteiger partial charge in [0.25, 0.3) is 11.8 Å². The molecule has 27 heavy (non-hydrogen) atoms. The summed E-state index contributed by atoms with van der Waals surface area (Å²) in [5.74, 6) is -0.813. The number of nitrogens with one attached hydrogen (secondary N) is 2. The molecule has 2 amide bonds. The summed E-state index contributed by atoms with van der Waals surface area (Å²) in [6, 6.07) is 21.6. The summed E-state index contributed by atoms with van der Waals surface area (Å²) in [5, 5.41) is 11.9. The average Bonchev–Trinajstić information content (AvgIpc) is 2.72. The van der Waals surface area contributed by atoms with Crippen LogP contribution in [-0.4, -0.2) is 17.0 Å². The van der Waals surface area contributed by atoms with Crippen molar-refractivity contribution in [3.8, 4) is 11.1 Å². The van der Waals surface area contributed by atoms with Gasteiger partial charge < -0.3 is 5.32 Å². The normalized spacial score (nSPS) is 10.3. The molecule has 0 heterocycles. The van der Waals surface area contributed by atoms with Crippen LogP contribution in [0.15, 0.2) is 77.7 Å². The topological polar surface area (TPSA) is 78.4 Å². The number of hydrogen-bond acceptors (Lipinski definition) is 4. The molecule has 0 aliphatic carbocycles. The van der Waals surface area contributed by atoms with Crippen molar-refractivity contribution in [1.82, 2.24) is 10.8 Å². The highest BCUT2D eigenvalue weighted by Crippen LogP contribution is 2.25. The van der Waals surface area contributed by atoms with Crippen molar-refractivity contribution in [1.29, 1.82) is 0 Å². The van der Waals surface area contributed by atoms with Gasteiger partial charge in [0.15, 0.2) is 0 Å². The van der Waals surface area contributed by atoms with E-state index in [9.17, 15) is 9.59 Å². The van der Waals surface area contributed by atoms with Crippen molar-refractivity contribution in [3.05, 3.63) is 89.5 Å². The number of thiol groups is 1. The van der Waals surface area contributed by atoms with Gasteiger partial charge in [0.1, 0.15) is 0 Å². The van der Waals surface area contributed by atoms with Gasteiger partial charge in [-0.25, -0.2) is 5.48 Å². The Labute approximate surface area is 162 Å². The number of carbonyl (C=O) groups excluding carboxylic acids is 2. The van der Waals surface area contributed by atoms with Crippen molar-refractivity contribution in [3.63, 3.8) is 0 Å². The maximum absolute atomic E-state index is 12.4. The van der Waals surface area contributed by atoms with Gasteiger partial charge in [0, 0.05) is 17.0 Å². The van der Waals surface area contributed by atoms with Gasteiger partial charge in [-0.15, -0.1) is 12.6 Å². The zero-order chi connectivity index (χ0) is 19.2. The van der Waals surface area contributed by atoms with Gasteiger partial charge in [0.05, 0.1) is 5.56 Å². The minimum absolute atomic E-state index is 0.223. The van der Waals surface area contributed by atoms with E-state index >= 15 is 0 Å². The molecule has 3 rings (SSSR count). The average molecular weight is 378 g/mol. The van der Waals surface area contributed by atoms with Gasteiger partial charge in [-0.05, 0) is 41.0 Å². The summed E-state index contributed by atoms with van der Waals surface area (Å²) in [4.78, 5) is 24.9. The predicted molar refractivity (Wildman–Crippen MR) is 106 cm³/mol. The van der Waals surface area contributed by atoms with Crippen LogP contribution in [0.25, 0.3) is 11.1 Å². The Kier molecular flexibility index (Phi) is 5.90. The Morgan fingerprint density at radius 3 is 2.26 bits per heavy atom. The Hall–Kier alpha value is -3.09. The molecule has 3 aromatic carbocycles. The highest BCUT2D eigenvalue weighted by Gasteiger charge is 2.14. The first-order valence-corrected chi connectivity index (χ1v) is 8.74. The zero-order valence-corrected chi connectivity index (χ0v) is 15.2. The van der Waals surface area contributed by atoms with E-state index in [2.05, 4.69) is 17.9 Å². The molecule has 0 bridgehead atoms. The fourth-order valence-electron chi connectivity index (χ4n) is 2.76. The van der Waals surface area contributed by atoms with Crippen molar-refractivity contribution in [2.75, 3.05) is 0 Å². The Morgan fingerprint density at radius 1 is 0.852 bits per heavy atom. The second-order valence-corrected chi connectivity index (χ2v) is 6.37. The second kappa shape index (κ2) is 8.53. The maximum Gasteiger partial charge on any atom is 0.275 e. The molecule has 136 valence electrons. The monoisotopic (exact) mass is 378 g/mol. The Bertz CT molecular complexity index is 974. The third-order valence-electron chi connectivity index (χ3n) is 4.12. The maximum atomic E-state index is 12.4. The first-order valence-electron chi connectivity index (χ1n) is 8.29. The Morgan fingerprint density at radius 2 is 1.56 bits per heavy atom. The van der Waals surface area contributed by atoms with Crippen LogP contribution in [0.4, 0.5) is 0 Å². The predicted octanol–water partition coefficient (Wildman–Crippen LogP) is 3.69. The van der Waals surface area contributed by atoms with Gasteiger partial charge in [-0.1, -0.05) is 48.5 Å². The van der Waals surface area contributed by atoms with Gasteiger partial charge >= 0.3 is 0 Å². The van der Waals surface area contributed by atoms with Crippen molar-refractivity contribution in [2.45, 2.75) is 11.4 Å². The smallest absolute Gasteiger partial charge is 0.275 e. The van der Waals surface area contributed by atoms with E-state index in [0.29, 0.717) is 28.1 Å². The van der Waals surface area contributed by atoms with Crippen LogP contribution >= 0.6 is 12.6 Å². The van der Waals surface area contributed by atoms with Crippen LogP contribution < -0.4 is 10.8 Å². The van der Waals surface area contributed by atoms with Crippen molar-refractivity contribution in [2.24, 2.45) is 0 Å².